The van der Waals surface area contributed by atoms with Gasteiger partial charge in [-0.3, -0.25) is 4.79 Å². The average molecular weight is 324 g/mol. The number of phenolic OH excluding ortho intramolecular Hbond substituents is 2. The minimum atomic E-state index is -0.844. The number of phenols is 2. The molecule has 7 heteroatoms. The van der Waals surface area contributed by atoms with Gasteiger partial charge in [0.15, 0.2) is 11.5 Å². The first-order chi connectivity index (χ1) is 10.5. The van der Waals surface area contributed by atoms with E-state index in [1.54, 1.807) is 40.9 Å². The highest BCUT2D eigenvalue weighted by molar-refractivity contribution is 5.85. The first kappa shape index (κ1) is 18.6. The van der Waals surface area contributed by atoms with E-state index in [-0.39, 0.29) is 23.8 Å². The van der Waals surface area contributed by atoms with Crippen LogP contribution >= 0.6 is 0 Å². The van der Waals surface area contributed by atoms with Gasteiger partial charge in [-0.15, -0.1) is 0 Å². The molecule has 1 rings (SSSR count). The summed E-state index contributed by atoms with van der Waals surface area (Å²) in [4.78, 5) is 25.5. The summed E-state index contributed by atoms with van der Waals surface area (Å²) in [5.74, 6) is -0.830. The van der Waals surface area contributed by atoms with Crippen molar-refractivity contribution in [1.29, 1.82) is 0 Å². The van der Waals surface area contributed by atoms with E-state index in [0.29, 0.717) is 5.56 Å². The lowest BCUT2D eigenvalue weighted by Gasteiger charge is -2.25. The Labute approximate surface area is 135 Å². The zero-order chi connectivity index (χ0) is 17.8. The zero-order valence-corrected chi connectivity index (χ0v) is 14.1. The summed E-state index contributed by atoms with van der Waals surface area (Å²) in [7, 11) is 3.17. The molecule has 0 fully saturated rings. The highest BCUT2D eigenvalue weighted by Crippen LogP contribution is 2.25. The third-order valence-corrected chi connectivity index (χ3v) is 2.91. The molecule has 0 aliphatic heterocycles. The van der Waals surface area contributed by atoms with E-state index in [2.05, 4.69) is 5.32 Å². The third-order valence-electron chi connectivity index (χ3n) is 2.91. The molecule has 0 saturated carbocycles. The SMILES string of the molecule is CN(C)C(=O)[C@H](Cc1ccc(O)c(O)c1)NC(=O)OC(C)(C)C. The second-order valence-electron chi connectivity index (χ2n) is 6.46. The van der Waals surface area contributed by atoms with Crippen LogP contribution in [0, 0.1) is 0 Å². The lowest BCUT2D eigenvalue weighted by Crippen LogP contribution is -2.48. The van der Waals surface area contributed by atoms with Gasteiger partial charge >= 0.3 is 6.09 Å². The van der Waals surface area contributed by atoms with Crippen molar-refractivity contribution in [1.82, 2.24) is 10.2 Å². The van der Waals surface area contributed by atoms with Crippen molar-refractivity contribution in [2.45, 2.75) is 38.8 Å². The molecule has 23 heavy (non-hydrogen) atoms. The number of carbonyl (C=O) groups is 2. The first-order valence-corrected chi connectivity index (χ1v) is 7.21. The molecule has 7 nitrogen and oxygen atoms in total. The fourth-order valence-corrected chi connectivity index (χ4v) is 1.89. The molecule has 0 aliphatic carbocycles. The predicted octanol–water partition coefficient (Wildman–Crippen LogP) is 1.62. The van der Waals surface area contributed by atoms with Crippen molar-refractivity contribution in [3.8, 4) is 11.5 Å². The van der Waals surface area contributed by atoms with Crippen LogP contribution < -0.4 is 5.32 Å². The third kappa shape index (κ3) is 6.06. The summed E-state index contributed by atoms with van der Waals surface area (Å²) < 4.78 is 5.17. The Kier molecular flexibility index (Phi) is 5.84. The largest absolute Gasteiger partial charge is 0.504 e. The van der Waals surface area contributed by atoms with Crippen LogP contribution in [-0.4, -0.2) is 52.9 Å². The maximum atomic E-state index is 12.2. The molecular weight excluding hydrogens is 300 g/mol. The van der Waals surface area contributed by atoms with Gasteiger partial charge in [0, 0.05) is 20.5 Å². The van der Waals surface area contributed by atoms with Gasteiger partial charge in [0.2, 0.25) is 5.91 Å². The molecule has 1 atom stereocenters. The second kappa shape index (κ2) is 7.21. The Hall–Kier alpha value is -2.44. The number of nitrogens with zero attached hydrogens (tertiary/aromatic N) is 1. The number of rotatable bonds is 4. The van der Waals surface area contributed by atoms with Crippen molar-refractivity contribution in [2.24, 2.45) is 0 Å². The highest BCUT2D eigenvalue weighted by Gasteiger charge is 2.26. The Bertz CT molecular complexity index is 578. The first-order valence-electron chi connectivity index (χ1n) is 7.21. The van der Waals surface area contributed by atoms with E-state index in [1.165, 1.54) is 17.0 Å². The monoisotopic (exact) mass is 324 g/mol. The number of ether oxygens (including phenoxy) is 1. The highest BCUT2D eigenvalue weighted by atomic mass is 16.6. The lowest BCUT2D eigenvalue weighted by molar-refractivity contribution is -0.130. The maximum Gasteiger partial charge on any atom is 0.408 e. The Balaban J connectivity index is 2.90. The van der Waals surface area contributed by atoms with Crippen molar-refractivity contribution < 1.29 is 24.5 Å². The molecule has 1 aromatic rings. The molecule has 0 bridgehead atoms. The van der Waals surface area contributed by atoms with E-state index in [1.807, 2.05) is 0 Å². The molecule has 0 spiro atoms. The molecule has 0 heterocycles. The van der Waals surface area contributed by atoms with Crippen LogP contribution in [0.3, 0.4) is 0 Å². The maximum absolute atomic E-state index is 12.2. The van der Waals surface area contributed by atoms with Gasteiger partial charge in [0.05, 0.1) is 0 Å². The van der Waals surface area contributed by atoms with E-state index in [4.69, 9.17) is 4.74 Å². The summed E-state index contributed by atoms with van der Waals surface area (Å²) >= 11 is 0. The number of carbonyl (C=O) groups excluding carboxylic acids is 2. The second-order valence-corrected chi connectivity index (χ2v) is 6.46. The number of amides is 2. The van der Waals surface area contributed by atoms with Gasteiger partial charge in [0.25, 0.3) is 0 Å². The van der Waals surface area contributed by atoms with Gasteiger partial charge in [0.1, 0.15) is 11.6 Å². The molecule has 3 N–H and O–H groups in total. The van der Waals surface area contributed by atoms with Crippen LogP contribution in [0.15, 0.2) is 18.2 Å². The molecule has 128 valence electrons. The van der Waals surface area contributed by atoms with Gasteiger partial charge in [-0.1, -0.05) is 6.07 Å². The fourth-order valence-electron chi connectivity index (χ4n) is 1.89. The normalized spacial score (nSPS) is 12.4. The predicted molar refractivity (Wildman–Crippen MR) is 85.3 cm³/mol. The summed E-state index contributed by atoms with van der Waals surface area (Å²) in [6.07, 6.45) is -0.537. The number of likely N-dealkylation sites (N-methyl/N-ethyl adjacent to an activating group) is 1. The van der Waals surface area contributed by atoms with Gasteiger partial charge < -0.3 is 25.2 Å². The van der Waals surface area contributed by atoms with Crippen LogP contribution in [0.25, 0.3) is 0 Å². The van der Waals surface area contributed by atoms with Crippen LogP contribution in [0.4, 0.5) is 4.79 Å². The quantitative estimate of drug-likeness (QED) is 0.731. The minimum absolute atomic E-state index is 0.157. The number of nitrogens with one attached hydrogen (secondary N) is 1. The molecule has 2 amide bonds. The number of alkyl carbamates (subject to hydrolysis) is 1. The van der Waals surface area contributed by atoms with E-state index in [0.717, 1.165) is 0 Å². The summed E-state index contributed by atoms with van der Waals surface area (Å²) in [6.45, 7) is 5.19. The number of hydrogen-bond acceptors (Lipinski definition) is 5. The Morgan fingerprint density at radius 2 is 1.83 bits per heavy atom. The topological polar surface area (TPSA) is 99.1 Å². The van der Waals surface area contributed by atoms with E-state index in [9.17, 15) is 19.8 Å². The summed E-state index contributed by atoms with van der Waals surface area (Å²) in [6, 6.07) is 3.41. The molecule has 0 aromatic heterocycles. The van der Waals surface area contributed by atoms with Crippen LogP contribution in [-0.2, 0) is 16.0 Å². The minimum Gasteiger partial charge on any atom is -0.504 e. The molecule has 0 radical (unpaired) electrons. The van der Waals surface area contributed by atoms with Crippen LogP contribution in [0.2, 0.25) is 0 Å². The average Bonchev–Trinajstić information content (AvgIpc) is 2.39. The molecule has 0 unspecified atom stereocenters. The summed E-state index contributed by atoms with van der Waals surface area (Å²) in [5.41, 5.74) is -0.0800. The fraction of sp³-hybridized carbons (Fsp3) is 0.500. The number of hydrogen-bond donors (Lipinski definition) is 3. The summed E-state index contributed by atoms with van der Waals surface area (Å²) in [5, 5.41) is 21.4. The van der Waals surface area contributed by atoms with E-state index < -0.39 is 17.7 Å². The van der Waals surface area contributed by atoms with Crippen molar-refractivity contribution in [3.63, 3.8) is 0 Å². The van der Waals surface area contributed by atoms with Crippen molar-refractivity contribution in [3.05, 3.63) is 23.8 Å². The number of benzene rings is 1. The van der Waals surface area contributed by atoms with Gasteiger partial charge in [-0.25, -0.2) is 4.79 Å². The zero-order valence-electron chi connectivity index (χ0n) is 14.1. The lowest BCUT2D eigenvalue weighted by atomic mass is 10.0. The molecular formula is C16H24N2O5. The van der Waals surface area contributed by atoms with Crippen molar-refractivity contribution >= 4 is 12.0 Å². The molecule has 0 saturated heterocycles. The van der Waals surface area contributed by atoms with Crippen molar-refractivity contribution in [2.75, 3.05) is 14.1 Å². The Morgan fingerprint density at radius 3 is 2.30 bits per heavy atom. The van der Waals surface area contributed by atoms with E-state index >= 15 is 0 Å². The van der Waals surface area contributed by atoms with Gasteiger partial charge in [-0.2, -0.15) is 0 Å². The smallest absolute Gasteiger partial charge is 0.408 e. The van der Waals surface area contributed by atoms with Crippen LogP contribution in [0.5, 0.6) is 11.5 Å². The molecule has 1 aromatic carbocycles. The molecule has 0 aliphatic rings. The number of aromatic hydroxyl groups is 2. The van der Waals surface area contributed by atoms with Gasteiger partial charge in [-0.05, 0) is 38.5 Å². The standard InChI is InChI=1S/C16H24N2O5/c1-16(2,3)23-15(22)17-11(14(21)18(4)5)8-10-6-7-12(19)13(20)9-10/h6-7,9,11,19-20H,8H2,1-5H3,(H,17,22)/t11-/m0/s1. The van der Waals surface area contributed by atoms with Crippen LogP contribution in [0.1, 0.15) is 26.3 Å². The Morgan fingerprint density at radius 1 is 1.22 bits per heavy atom.